The summed E-state index contributed by atoms with van der Waals surface area (Å²) >= 11 is 0. The summed E-state index contributed by atoms with van der Waals surface area (Å²) in [6, 6.07) is 15.4. The molecule has 5 rings (SSSR count). The van der Waals surface area contributed by atoms with Crippen LogP contribution in [-0.4, -0.2) is 17.2 Å². The SMILES string of the molecule is C[C@@]12CC[C@H]3c4ccc(OC(=O)c5ccccc5)cc4CC[C@H]3[C@@H]1CC[C@@H]2O. The molecular formula is C25H28O3. The molecule has 5 atom stereocenters. The van der Waals surface area contributed by atoms with E-state index in [1.165, 1.54) is 24.0 Å². The smallest absolute Gasteiger partial charge is 0.343 e. The average Bonchev–Trinajstić information content (AvgIpc) is 3.03. The third kappa shape index (κ3) is 2.79. The summed E-state index contributed by atoms with van der Waals surface area (Å²) in [6.45, 7) is 2.31. The second-order valence-electron chi connectivity index (χ2n) is 9.17. The number of ether oxygens (including phenoxy) is 1. The molecule has 0 aromatic heterocycles. The molecule has 3 nitrogen and oxygen atoms in total. The van der Waals surface area contributed by atoms with E-state index in [-0.39, 0.29) is 17.5 Å². The molecule has 0 unspecified atom stereocenters. The average molecular weight is 376 g/mol. The molecule has 2 aromatic carbocycles. The van der Waals surface area contributed by atoms with Crippen LogP contribution in [0.2, 0.25) is 0 Å². The van der Waals surface area contributed by atoms with Crippen LogP contribution in [0.3, 0.4) is 0 Å². The van der Waals surface area contributed by atoms with Crippen LogP contribution in [0.1, 0.15) is 66.4 Å². The summed E-state index contributed by atoms with van der Waals surface area (Å²) in [6.07, 6.45) is 6.50. The Bertz CT molecular complexity index is 890. The van der Waals surface area contributed by atoms with Gasteiger partial charge in [0.05, 0.1) is 11.7 Å². The van der Waals surface area contributed by atoms with Gasteiger partial charge in [-0.2, -0.15) is 0 Å². The number of carbonyl (C=O) groups is 1. The van der Waals surface area contributed by atoms with Crippen molar-refractivity contribution in [2.24, 2.45) is 17.3 Å². The Kier molecular flexibility index (Phi) is 4.31. The third-order valence-corrected chi connectivity index (χ3v) is 7.87. The number of hydrogen-bond acceptors (Lipinski definition) is 3. The summed E-state index contributed by atoms with van der Waals surface area (Å²) in [7, 11) is 0. The van der Waals surface area contributed by atoms with E-state index in [0.717, 1.165) is 25.7 Å². The summed E-state index contributed by atoms with van der Waals surface area (Å²) in [5, 5.41) is 10.5. The van der Waals surface area contributed by atoms with Gasteiger partial charge in [0.2, 0.25) is 0 Å². The number of carbonyl (C=O) groups excluding carboxylic acids is 1. The van der Waals surface area contributed by atoms with Gasteiger partial charge in [-0.25, -0.2) is 4.79 Å². The molecule has 1 N–H and O–H groups in total. The summed E-state index contributed by atoms with van der Waals surface area (Å²) < 4.78 is 5.63. The minimum Gasteiger partial charge on any atom is -0.423 e. The van der Waals surface area contributed by atoms with Crippen LogP contribution in [0.4, 0.5) is 0 Å². The van der Waals surface area contributed by atoms with Crippen molar-refractivity contribution in [1.29, 1.82) is 0 Å². The highest BCUT2D eigenvalue weighted by Crippen LogP contribution is 2.60. The molecule has 2 saturated carbocycles. The zero-order valence-corrected chi connectivity index (χ0v) is 16.4. The molecule has 0 bridgehead atoms. The first-order valence-corrected chi connectivity index (χ1v) is 10.6. The number of esters is 1. The molecule has 0 spiro atoms. The first-order valence-electron chi connectivity index (χ1n) is 10.6. The molecule has 0 radical (unpaired) electrons. The standard InChI is InChI=1S/C25H28O3/c1-25-14-13-20-19-10-8-18(28-24(27)16-5-3-2-4-6-16)15-17(19)7-9-21(20)22(25)11-12-23(25)26/h2-6,8,10,15,20-23,26H,7,9,11-14H2,1H3/t20-,21+,22-,23-,25+/m0/s1. The van der Waals surface area contributed by atoms with E-state index in [0.29, 0.717) is 29.1 Å². The lowest BCUT2D eigenvalue weighted by atomic mass is 9.55. The molecule has 28 heavy (non-hydrogen) atoms. The molecule has 3 heteroatoms. The fourth-order valence-corrected chi connectivity index (χ4v) is 6.33. The Hall–Kier alpha value is -2.13. The molecule has 0 aliphatic heterocycles. The molecule has 146 valence electrons. The van der Waals surface area contributed by atoms with Gasteiger partial charge in [-0.1, -0.05) is 31.2 Å². The van der Waals surface area contributed by atoms with E-state index < -0.39 is 0 Å². The first kappa shape index (κ1) is 17.9. The van der Waals surface area contributed by atoms with E-state index in [9.17, 15) is 9.90 Å². The van der Waals surface area contributed by atoms with Crippen molar-refractivity contribution in [2.45, 2.75) is 57.5 Å². The van der Waals surface area contributed by atoms with Gasteiger partial charge in [0.25, 0.3) is 0 Å². The fraction of sp³-hybridized carbons (Fsp3) is 0.480. The number of aryl methyl sites for hydroxylation is 1. The minimum absolute atomic E-state index is 0.115. The molecule has 3 aliphatic carbocycles. The van der Waals surface area contributed by atoms with Crippen molar-refractivity contribution in [3.05, 3.63) is 65.2 Å². The Morgan fingerprint density at radius 1 is 1.07 bits per heavy atom. The largest absolute Gasteiger partial charge is 0.423 e. The van der Waals surface area contributed by atoms with Crippen LogP contribution in [0.15, 0.2) is 48.5 Å². The van der Waals surface area contributed by atoms with Gasteiger partial charge in [-0.05, 0) is 97.1 Å². The number of aliphatic hydroxyl groups excluding tert-OH is 1. The Balaban J connectivity index is 1.37. The van der Waals surface area contributed by atoms with E-state index in [4.69, 9.17) is 4.74 Å². The first-order chi connectivity index (χ1) is 13.6. The Morgan fingerprint density at radius 3 is 2.71 bits per heavy atom. The maximum atomic E-state index is 12.4. The van der Waals surface area contributed by atoms with Gasteiger partial charge in [-0.3, -0.25) is 0 Å². The summed E-state index contributed by atoms with van der Waals surface area (Å²) in [5.41, 5.74) is 3.47. The van der Waals surface area contributed by atoms with Crippen molar-refractivity contribution in [2.75, 3.05) is 0 Å². The molecular weight excluding hydrogens is 348 g/mol. The maximum absolute atomic E-state index is 12.4. The predicted octanol–water partition coefficient (Wildman–Crippen LogP) is 5.12. The Morgan fingerprint density at radius 2 is 1.89 bits per heavy atom. The summed E-state index contributed by atoms with van der Waals surface area (Å²) in [4.78, 5) is 12.4. The topological polar surface area (TPSA) is 46.5 Å². The molecule has 2 fully saturated rings. The molecule has 2 aromatic rings. The van der Waals surface area contributed by atoms with Crippen molar-refractivity contribution in [3.63, 3.8) is 0 Å². The van der Waals surface area contributed by atoms with Gasteiger partial charge in [0, 0.05) is 0 Å². The monoisotopic (exact) mass is 376 g/mol. The van der Waals surface area contributed by atoms with E-state index >= 15 is 0 Å². The normalized spacial score (nSPS) is 33.5. The van der Waals surface area contributed by atoms with Gasteiger partial charge < -0.3 is 9.84 Å². The number of benzene rings is 2. The molecule has 3 aliphatic rings. The minimum atomic E-state index is -0.303. The van der Waals surface area contributed by atoms with E-state index in [1.807, 2.05) is 24.3 Å². The second-order valence-corrected chi connectivity index (χ2v) is 9.17. The number of fused-ring (bicyclic) bond motifs is 5. The van der Waals surface area contributed by atoms with Gasteiger partial charge in [0.1, 0.15) is 5.75 Å². The van der Waals surface area contributed by atoms with E-state index in [2.05, 4.69) is 19.1 Å². The lowest BCUT2D eigenvalue weighted by Gasteiger charge is -2.50. The number of aliphatic hydroxyl groups is 1. The predicted molar refractivity (Wildman–Crippen MR) is 108 cm³/mol. The third-order valence-electron chi connectivity index (χ3n) is 7.87. The quantitative estimate of drug-likeness (QED) is 0.584. The second kappa shape index (κ2) is 6.73. The van der Waals surface area contributed by atoms with E-state index in [1.54, 1.807) is 12.1 Å². The Labute approximate surface area is 166 Å². The lowest BCUT2D eigenvalue weighted by molar-refractivity contribution is -0.0226. The van der Waals surface area contributed by atoms with Crippen molar-refractivity contribution < 1.29 is 14.6 Å². The molecule has 0 heterocycles. The van der Waals surface area contributed by atoms with Gasteiger partial charge in [0.15, 0.2) is 0 Å². The molecule has 0 amide bonds. The highest BCUT2D eigenvalue weighted by Gasteiger charge is 2.54. The number of rotatable bonds is 2. The van der Waals surface area contributed by atoms with Crippen molar-refractivity contribution in [3.8, 4) is 5.75 Å². The van der Waals surface area contributed by atoms with Crippen LogP contribution in [-0.2, 0) is 6.42 Å². The van der Waals surface area contributed by atoms with Crippen LogP contribution >= 0.6 is 0 Å². The highest BCUT2D eigenvalue weighted by atomic mass is 16.5. The van der Waals surface area contributed by atoms with Crippen LogP contribution in [0, 0.1) is 17.3 Å². The van der Waals surface area contributed by atoms with Crippen LogP contribution in [0.25, 0.3) is 0 Å². The van der Waals surface area contributed by atoms with Gasteiger partial charge >= 0.3 is 5.97 Å². The van der Waals surface area contributed by atoms with Crippen LogP contribution < -0.4 is 4.74 Å². The van der Waals surface area contributed by atoms with Crippen molar-refractivity contribution >= 4 is 5.97 Å². The van der Waals surface area contributed by atoms with Crippen LogP contribution in [0.5, 0.6) is 5.75 Å². The van der Waals surface area contributed by atoms with Gasteiger partial charge in [-0.15, -0.1) is 0 Å². The zero-order valence-electron chi connectivity index (χ0n) is 16.4. The van der Waals surface area contributed by atoms with Crippen molar-refractivity contribution in [1.82, 2.24) is 0 Å². The number of hydrogen-bond donors (Lipinski definition) is 1. The molecule has 0 saturated heterocycles. The lowest BCUT2D eigenvalue weighted by Crippen LogP contribution is -2.43. The highest BCUT2D eigenvalue weighted by molar-refractivity contribution is 5.91. The fourth-order valence-electron chi connectivity index (χ4n) is 6.33. The maximum Gasteiger partial charge on any atom is 0.343 e. The summed E-state index contributed by atoms with van der Waals surface area (Å²) in [5.74, 6) is 2.25. The zero-order chi connectivity index (χ0) is 19.3.